The molecule has 4 aromatic rings. The number of hydrogen-bond acceptors (Lipinski definition) is 11. The Morgan fingerprint density at radius 3 is 2.18 bits per heavy atom. The summed E-state index contributed by atoms with van der Waals surface area (Å²) in [6.45, 7) is 10.7. The molecule has 6 fully saturated rings. The number of amides is 3. The molecule has 2 aromatic carbocycles. The van der Waals surface area contributed by atoms with Gasteiger partial charge >= 0.3 is 0 Å². The zero-order chi connectivity index (χ0) is 42.3. The van der Waals surface area contributed by atoms with Gasteiger partial charge in [0, 0.05) is 97.7 Å². The maximum Gasteiger partial charge on any atom is 0.257 e. The molecule has 3 amide bonds. The number of aromatic nitrogens is 2. The van der Waals surface area contributed by atoms with Crippen LogP contribution in [0.2, 0.25) is 0 Å². The average molecular weight is 841 g/mol. The summed E-state index contributed by atoms with van der Waals surface area (Å²) in [7, 11) is 3.44. The molecule has 1 atom stereocenters. The topological polar surface area (TPSA) is 144 Å². The number of carbonyl (C=O) groups is 3. The van der Waals surface area contributed by atoms with Crippen LogP contribution < -0.4 is 30.1 Å². The van der Waals surface area contributed by atoms with Crippen molar-refractivity contribution < 1.29 is 23.9 Å². The fourth-order valence-corrected chi connectivity index (χ4v) is 11.4. The molecule has 8 heterocycles. The number of nitrogens with one attached hydrogen (secondary N) is 2. The molecular formula is C48H56N8O6. The van der Waals surface area contributed by atoms with E-state index in [-0.39, 0.29) is 29.7 Å². The number of hydrogen-bond donors (Lipinski definition) is 2. The van der Waals surface area contributed by atoms with Crippen molar-refractivity contribution >= 4 is 40.0 Å². The normalized spacial score (nSPS) is 23.4. The van der Waals surface area contributed by atoms with E-state index in [0.717, 1.165) is 129 Å². The van der Waals surface area contributed by atoms with E-state index in [2.05, 4.69) is 59.1 Å². The second kappa shape index (κ2) is 15.1. The van der Waals surface area contributed by atoms with E-state index in [1.54, 1.807) is 31.5 Å². The molecule has 62 heavy (non-hydrogen) atoms. The van der Waals surface area contributed by atoms with Crippen LogP contribution in [0.4, 0.5) is 11.5 Å². The van der Waals surface area contributed by atoms with Crippen LogP contribution in [0.5, 0.6) is 11.5 Å². The van der Waals surface area contributed by atoms with Gasteiger partial charge in [0.15, 0.2) is 0 Å². The van der Waals surface area contributed by atoms with Crippen molar-refractivity contribution in [2.24, 2.45) is 16.7 Å². The third kappa shape index (κ3) is 6.99. The van der Waals surface area contributed by atoms with Crippen LogP contribution in [-0.4, -0.2) is 122 Å². The largest absolute Gasteiger partial charge is 0.496 e. The van der Waals surface area contributed by atoms with Gasteiger partial charge in [-0.3, -0.25) is 29.4 Å². The number of piperidine rings is 3. The molecule has 0 radical (unpaired) electrons. The third-order valence-corrected chi connectivity index (χ3v) is 15.5. The minimum absolute atomic E-state index is 0.114. The van der Waals surface area contributed by atoms with Crippen molar-refractivity contribution in [3.8, 4) is 22.6 Å². The van der Waals surface area contributed by atoms with Crippen LogP contribution in [0.1, 0.15) is 72.9 Å². The fourth-order valence-electron chi connectivity index (χ4n) is 11.4. The maximum atomic E-state index is 13.4. The first-order valence-corrected chi connectivity index (χ1v) is 22.6. The van der Waals surface area contributed by atoms with Crippen molar-refractivity contribution in [1.29, 1.82) is 0 Å². The van der Waals surface area contributed by atoms with Gasteiger partial charge in [-0.15, -0.1) is 0 Å². The smallest absolute Gasteiger partial charge is 0.257 e. The Morgan fingerprint density at radius 2 is 1.48 bits per heavy atom. The van der Waals surface area contributed by atoms with Gasteiger partial charge in [0.2, 0.25) is 11.8 Å². The molecule has 1 aliphatic carbocycles. The summed E-state index contributed by atoms with van der Waals surface area (Å²) in [6, 6.07) is 11.8. The number of imide groups is 1. The first kappa shape index (κ1) is 39.4. The molecule has 1 saturated carbocycles. The van der Waals surface area contributed by atoms with E-state index in [9.17, 15) is 19.2 Å². The summed E-state index contributed by atoms with van der Waals surface area (Å²) < 4.78 is 12.1. The number of carbonyl (C=O) groups excluding carboxylic acids is 3. The van der Waals surface area contributed by atoms with E-state index in [1.807, 2.05) is 12.1 Å². The number of pyridine rings is 2. The first-order valence-electron chi connectivity index (χ1n) is 22.6. The van der Waals surface area contributed by atoms with Crippen LogP contribution in [0.15, 0.2) is 53.6 Å². The number of anilines is 2. The molecular weight excluding hydrogens is 785 g/mol. The van der Waals surface area contributed by atoms with Gasteiger partial charge in [0.25, 0.3) is 11.5 Å². The highest BCUT2D eigenvalue weighted by molar-refractivity contribution is 6.05. The zero-order valence-corrected chi connectivity index (χ0v) is 35.8. The highest BCUT2D eigenvalue weighted by atomic mass is 16.5. The number of ether oxygens (including phenoxy) is 2. The quantitative estimate of drug-likeness (QED) is 0.213. The van der Waals surface area contributed by atoms with E-state index >= 15 is 0 Å². The number of H-pyrrole nitrogens is 1. The highest BCUT2D eigenvalue weighted by Crippen LogP contribution is 2.54. The van der Waals surface area contributed by atoms with Gasteiger partial charge in [-0.2, -0.15) is 0 Å². The standard InChI is InChI=1S/C48H56N8O6/c1-61-40-17-32(36-21-50-44(58)37-22-49-42(20-35(36)37)55-28-47(29-55)9-10-47)18-41(62-2)38(40)25-52-13-7-30(8-14-52)23-53-15-11-48(12-16-53)26-54(27-48)33-4-3-31-24-56(46(60)34(31)19-33)39-5-6-43(57)51-45(39)59/h3-4,17-22,30,39H,5-16,23-29H2,1-2H3,(H,50,58)(H,51,57,59). The van der Waals surface area contributed by atoms with Crippen molar-refractivity contribution in [1.82, 2.24) is 30.0 Å². The minimum Gasteiger partial charge on any atom is -0.496 e. The molecule has 11 rings (SSSR count). The number of nitrogens with zero attached hydrogens (tertiary/aromatic N) is 6. The predicted molar refractivity (Wildman–Crippen MR) is 236 cm³/mol. The van der Waals surface area contributed by atoms with Crippen LogP contribution >= 0.6 is 0 Å². The first-order chi connectivity index (χ1) is 30.1. The molecule has 7 aliphatic rings. The van der Waals surface area contributed by atoms with Crippen LogP contribution in [0.3, 0.4) is 0 Å². The van der Waals surface area contributed by atoms with Crippen molar-refractivity contribution in [2.75, 3.05) is 82.9 Å². The average Bonchev–Trinajstić information content (AvgIpc) is 4.01. The van der Waals surface area contributed by atoms with Gasteiger partial charge in [0.1, 0.15) is 23.4 Å². The molecule has 324 valence electrons. The summed E-state index contributed by atoms with van der Waals surface area (Å²) in [6.07, 6.45) is 11.5. The zero-order valence-electron chi connectivity index (χ0n) is 35.8. The molecule has 2 N–H and O–H groups in total. The van der Waals surface area contributed by atoms with E-state index < -0.39 is 6.04 Å². The van der Waals surface area contributed by atoms with Gasteiger partial charge in [-0.05, 0) is 119 Å². The van der Waals surface area contributed by atoms with Gasteiger partial charge in [-0.25, -0.2) is 4.98 Å². The second-order valence-electron chi connectivity index (χ2n) is 19.5. The number of fused-ring (bicyclic) bond motifs is 2. The Hall–Kier alpha value is -5.47. The van der Waals surface area contributed by atoms with Gasteiger partial charge in [0.05, 0.1) is 25.2 Å². The summed E-state index contributed by atoms with van der Waals surface area (Å²) in [5.41, 5.74) is 6.29. The highest BCUT2D eigenvalue weighted by Gasteiger charge is 2.52. The van der Waals surface area contributed by atoms with Crippen LogP contribution in [0, 0.1) is 16.7 Å². The molecule has 1 unspecified atom stereocenters. The van der Waals surface area contributed by atoms with Gasteiger partial charge < -0.3 is 34.1 Å². The SMILES string of the molecule is COc1cc(-c2c[nH]c(=O)c3cnc(N4CC5(CC5)C4)cc23)cc(OC)c1CN1CCC(CN2CCC3(CC2)CN(c2ccc4c(c2)C(=O)N(C2CCC(=O)NC2=O)C4)C3)CC1. The maximum absolute atomic E-state index is 13.4. The van der Waals surface area contributed by atoms with Gasteiger partial charge in [-0.1, -0.05) is 6.07 Å². The lowest BCUT2D eigenvalue weighted by molar-refractivity contribution is -0.136. The third-order valence-electron chi connectivity index (χ3n) is 15.5. The molecule has 2 aromatic heterocycles. The fraction of sp³-hybridized carbons (Fsp3) is 0.521. The Balaban J connectivity index is 0.679. The van der Waals surface area contributed by atoms with Crippen molar-refractivity contribution in [2.45, 2.75) is 70.5 Å². The van der Waals surface area contributed by atoms with E-state index in [1.165, 1.54) is 25.7 Å². The molecule has 0 bridgehead atoms. The number of likely N-dealkylation sites (tertiary alicyclic amines) is 2. The summed E-state index contributed by atoms with van der Waals surface area (Å²) >= 11 is 0. The molecule has 6 aliphatic heterocycles. The monoisotopic (exact) mass is 840 g/mol. The van der Waals surface area contributed by atoms with E-state index in [4.69, 9.17) is 9.47 Å². The summed E-state index contributed by atoms with van der Waals surface area (Å²) in [5.74, 6) is 2.41. The predicted octanol–water partition coefficient (Wildman–Crippen LogP) is 4.78. The second-order valence-corrected chi connectivity index (χ2v) is 19.5. The van der Waals surface area contributed by atoms with Crippen molar-refractivity contribution in [3.63, 3.8) is 0 Å². The number of aromatic amines is 1. The minimum atomic E-state index is -0.590. The van der Waals surface area contributed by atoms with Crippen LogP contribution in [0.25, 0.3) is 21.9 Å². The Kier molecular flexibility index (Phi) is 9.60. The Labute approximate surface area is 361 Å². The lowest BCUT2D eigenvalue weighted by Crippen LogP contribution is -2.60. The van der Waals surface area contributed by atoms with E-state index in [0.29, 0.717) is 40.7 Å². The van der Waals surface area contributed by atoms with Crippen molar-refractivity contribution in [3.05, 3.63) is 75.8 Å². The molecule has 2 spiro atoms. The number of benzene rings is 2. The Bertz CT molecular complexity index is 2500. The Morgan fingerprint density at radius 1 is 0.774 bits per heavy atom. The molecule has 14 nitrogen and oxygen atoms in total. The summed E-state index contributed by atoms with van der Waals surface area (Å²) in [4.78, 5) is 69.6. The lowest BCUT2D eigenvalue weighted by atomic mass is 9.71. The molecule has 14 heteroatoms. The number of methoxy groups -OCH3 is 2. The summed E-state index contributed by atoms with van der Waals surface area (Å²) in [5, 5.41) is 3.85. The number of rotatable bonds is 10. The lowest BCUT2D eigenvalue weighted by Gasteiger charge is -2.55. The van der Waals surface area contributed by atoms with Crippen LogP contribution in [-0.2, 0) is 22.7 Å². The molecule has 5 saturated heterocycles.